The molecule has 1 aromatic carbocycles. The van der Waals surface area contributed by atoms with Gasteiger partial charge in [-0.1, -0.05) is 6.07 Å². The predicted octanol–water partition coefficient (Wildman–Crippen LogP) is 1.85. The number of aromatic hydroxyl groups is 1. The Hall–Kier alpha value is -1.25. The summed E-state index contributed by atoms with van der Waals surface area (Å²) in [7, 11) is 1.78. The maximum absolute atomic E-state index is 13.9. The highest BCUT2D eigenvalue weighted by Crippen LogP contribution is 2.38. The molecule has 2 N–H and O–H groups in total. The Balaban J connectivity index is 1.82. The Bertz CT molecular complexity index is 620. The van der Waals surface area contributed by atoms with Gasteiger partial charge in [0.25, 0.3) is 0 Å². The fourth-order valence-electron chi connectivity index (χ4n) is 2.63. The van der Waals surface area contributed by atoms with Gasteiger partial charge in [0.05, 0.1) is 17.0 Å². The van der Waals surface area contributed by atoms with Gasteiger partial charge in [0, 0.05) is 11.5 Å². The molecule has 22 heavy (non-hydrogen) atoms. The van der Waals surface area contributed by atoms with Gasteiger partial charge in [-0.3, -0.25) is 14.7 Å². The summed E-state index contributed by atoms with van der Waals surface area (Å²) < 4.78 is 13.9. The number of nitrogens with zero attached hydrogens (tertiary/aromatic N) is 2. The second-order valence-electron chi connectivity index (χ2n) is 5.19. The number of thioether (sulfide) groups is 2. The normalized spacial score (nSPS) is 28.8. The summed E-state index contributed by atoms with van der Waals surface area (Å²) in [5.74, 6) is -0.283. The van der Waals surface area contributed by atoms with Crippen LogP contribution in [0, 0.1) is 5.82 Å². The second kappa shape index (κ2) is 6.10. The summed E-state index contributed by atoms with van der Waals surface area (Å²) in [4.78, 5) is 17.5. The quantitative estimate of drug-likeness (QED) is 0.873. The number of carboxylic acids is 1. The third-order valence-corrected chi connectivity index (χ3v) is 6.40. The SMILES string of the molecule is CN1C(C(=O)O)CSC1C1CSC(c2c(O)cccc2F)=N1. The lowest BCUT2D eigenvalue weighted by Crippen LogP contribution is -2.42. The maximum atomic E-state index is 13.9. The Morgan fingerprint density at radius 2 is 2.23 bits per heavy atom. The van der Waals surface area contributed by atoms with Crippen molar-refractivity contribution in [3.63, 3.8) is 0 Å². The van der Waals surface area contributed by atoms with Gasteiger partial charge in [0.2, 0.25) is 0 Å². The number of rotatable bonds is 3. The number of aliphatic carboxylic acids is 1. The van der Waals surface area contributed by atoms with Crippen molar-refractivity contribution in [1.29, 1.82) is 0 Å². The fourth-order valence-corrected chi connectivity index (χ4v) is 5.41. The number of aliphatic imine (C=N–C) groups is 1. The highest BCUT2D eigenvalue weighted by molar-refractivity contribution is 8.14. The first kappa shape index (κ1) is 15.6. The average Bonchev–Trinajstić information content (AvgIpc) is 3.05. The van der Waals surface area contributed by atoms with Crippen molar-refractivity contribution in [2.45, 2.75) is 17.5 Å². The molecule has 0 bridgehead atoms. The number of hydrogen-bond acceptors (Lipinski definition) is 6. The molecule has 0 amide bonds. The minimum absolute atomic E-state index is 0.0417. The highest BCUT2D eigenvalue weighted by Gasteiger charge is 2.41. The minimum Gasteiger partial charge on any atom is -0.507 e. The smallest absolute Gasteiger partial charge is 0.321 e. The highest BCUT2D eigenvalue weighted by atomic mass is 32.2. The van der Waals surface area contributed by atoms with Crippen molar-refractivity contribution in [1.82, 2.24) is 4.90 Å². The van der Waals surface area contributed by atoms with Gasteiger partial charge in [-0.05, 0) is 19.2 Å². The number of carbonyl (C=O) groups is 1. The van der Waals surface area contributed by atoms with Crippen molar-refractivity contribution in [3.05, 3.63) is 29.6 Å². The molecule has 0 aromatic heterocycles. The van der Waals surface area contributed by atoms with E-state index in [0.717, 1.165) is 0 Å². The Kier molecular flexibility index (Phi) is 4.33. The van der Waals surface area contributed by atoms with Crippen LogP contribution in [0.4, 0.5) is 4.39 Å². The maximum Gasteiger partial charge on any atom is 0.321 e. The molecule has 3 rings (SSSR count). The zero-order chi connectivity index (χ0) is 15.9. The van der Waals surface area contributed by atoms with E-state index in [0.29, 0.717) is 16.5 Å². The molecule has 118 valence electrons. The first-order chi connectivity index (χ1) is 10.5. The number of hydrogen-bond donors (Lipinski definition) is 2. The summed E-state index contributed by atoms with van der Waals surface area (Å²) in [6.45, 7) is 0. The average molecular weight is 342 g/mol. The zero-order valence-corrected chi connectivity index (χ0v) is 13.4. The molecular weight excluding hydrogens is 327 g/mol. The summed E-state index contributed by atoms with van der Waals surface area (Å²) in [5.41, 5.74) is 0.135. The minimum atomic E-state index is -0.834. The molecule has 0 aliphatic carbocycles. The Labute approximate surface area is 135 Å². The third-order valence-electron chi connectivity index (χ3n) is 3.81. The Morgan fingerprint density at radius 1 is 1.45 bits per heavy atom. The van der Waals surface area contributed by atoms with Crippen LogP contribution in [0.1, 0.15) is 5.56 Å². The van der Waals surface area contributed by atoms with Crippen LogP contribution in [-0.2, 0) is 4.79 Å². The Morgan fingerprint density at radius 3 is 2.86 bits per heavy atom. The number of halogens is 1. The van der Waals surface area contributed by atoms with Gasteiger partial charge < -0.3 is 10.2 Å². The fraction of sp³-hybridized carbons (Fsp3) is 0.429. The van der Waals surface area contributed by atoms with E-state index in [-0.39, 0.29) is 22.7 Å². The van der Waals surface area contributed by atoms with Crippen LogP contribution in [0.15, 0.2) is 23.2 Å². The first-order valence-corrected chi connectivity index (χ1v) is 8.77. The van der Waals surface area contributed by atoms with Crippen molar-refractivity contribution in [2.24, 2.45) is 4.99 Å². The third kappa shape index (κ3) is 2.70. The van der Waals surface area contributed by atoms with E-state index in [1.165, 1.54) is 30.0 Å². The molecule has 1 aromatic rings. The van der Waals surface area contributed by atoms with E-state index in [4.69, 9.17) is 5.11 Å². The largest absolute Gasteiger partial charge is 0.507 e. The van der Waals surface area contributed by atoms with Gasteiger partial charge >= 0.3 is 5.97 Å². The van der Waals surface area contributed by atoms with Gasteiger partial charge in [-0.2, -0.15) is 0 Å². The number of benzene rings is 1. The van der Waals surface area contributed by atoms with E-state index < -0.39 is 17.8 Å². The number of phenolic OH excluding ortho intramolecular Hbond substituents is 1. The molecule has 2 aliphatic rings. The van der Waals surface area contributed by atoms with Crippen LogP contribution in [0.3, 0.4) is 0 Å². The number of phenols is 1. The summed E-state index contributed by atoms with van der Waals surface area (Å²) in [6, 6.07) is 3.55. The van der Waals surface area contributed by atoms with E-state index in [1.807, 2.05) is 4.90 Å². The lowest BCUT2D eigenvalue weighted by atomic mass is 10.2. The molecule has 2 heterocycles. The number of carboxylic acid groups (broad SMARTS) is 1. The molecule has 1 saturated heterocycles. The van der Waals surface area contributed by atoms with Gasteiger partial charge in [-0.15, -0.1) is 23.5 Å². The predicted molar refractivity (Wildman–Crippen MR) is 86.3 cm³/mol. The standard InChI is InChI=1S/C14H15FN2O3S2/c1-17-9(14(19)20)6-22-13(17)8-5-21-12(16-8)11-7(15)3-2-4-10(11)18/h2-4,8-9,13,18H,5-6H2,1H3,(H,19,20). The van der Waals surface area contributed by atoms with Crippen LogP contribution in [0.2, 0.25) is 0 Å². The lowest BCUT2D eigenvalue weighted by Gasteiger charge is -2.24. The van der Waals surface area contributed by atoms with Gasteiger partial charge in [0.1, 0.15) is 22.7 Å². The zero-order valence-electron chi connectivity index (χ0n) is 11.8. The molecule has 2 aliphatic heterocycles. The van der Waals surface area contributed by atoms with E-state index in [9.17, 15) is 14.3 Å². The van der Waals surface area contributed by atoms with E-state index >= 15 is 0 Å². The monoisotopic (exact) mass is 342 g/mol. The summed E-state index contributed by atoms with van der Waals surface area (Å²) >= 11 is 2.95. The first-order valence-electron chi connectivity index (χ1n) is 6.74. The van der Waals surface area contributed by atoms with E-state index in [2.05, 4.69) is 4.99 Å². The molecule has 0 spiro atoms. The summed E-state index contributed by atoms with van der Waals surface area (Å²) in [5, 5.41) is 19.4. The van der Waals surface area contributed by atoms with Crippen LogP contribution >= 0.6 is 23.5 Å². The number of likely N-dealkylation sites (N-methyl/N-ethyl adjacent to an activating group) is 1. The molecule has 0 radical (unpaired) electrons. The lowest BCUT2D eigenvalue weighted by molar-refractivity contribution is -0.141. The van der Waals surface area contributed by atoms with Crippen molar-refractivity contribution < 1.29 is 19.4 Å². The molecule has 3 unspecified atom stereocenters. The molecule has 1 fully saturated rings. The molecule has 8 heteroatoms. The summed E-state index contributed by atoms with van der Waals surface area (Å²) in [6.07, 6.45) is 0. The van der Waals surface area contributed by atoms with Crippen LogP contribution < -0.4 is 0 Å². The second-order valence-corrected chi connectivity index (χ2v) is 7.35. The van der Waals surface area contributed by atoms with Crippen molar-refractivity contribution in [2.75, 3.05) is 18.6 Å². The molecular formula is C14H15FN2O3S2. The molecule has 0 saturated carbocycles. The molecule has 3 atom stereocenters. The van der Waals surface area contributed by atoms with Gasteiger partial charge in [-0.25, -0.2) is 4.39 Å². The van der Waals surface area contributed by atoms with Crippen LogP contribution in [-0.4, -0.2) is 62.1 Å². The van der Waals surface area contributed by atoms with Crippen LogP contribution in [0.25, 0.3) is 0 Å². The van der Waals surface area contributed by atoms with Crippen molar-refractivity contribution in [3.8, 4) is 5.75 Å². The molecule has 5 nitrogen and oxygen atoms in total. The van der Waals surface area contributed by atoms with Crippen molar-refractivity contribution >= 4 is 34.5 Å². The van der Waals surface area contributed by atoms with E-state index in [1.54, 1.807) is 18.8 Å². The topological polar surface area (TPSA) is 73.1 Å². The van der Waals surface area contributed by atoms with Gasteiger partial charge in [0.15, 0.2) is 0 Å². The van der Waals surface area contributed by atoms with Crippen LogP contribution in [0.5, 0.6) is 5.75 Å².